The first-order chi connectivity index (χ1) is 7.61. The van der Waals surface area contributed by atoms with E-state index in [0.29, 0.717) is 0 Å². The zero-order chi connectivity index (χ0) is 11.7. The molecule has 1 aromatic heterocycles. The molecular formula is C11H17IN4. The van der Waals surface area contributed by atoms with E-state index in [9.17, 15) is 0 Å². The van der Waals surface area contributed by atoms with E-state index in [2.05, 4.69) is 44.3 Å². The summed E-state index contributed by atoms with van der Waals surface area (Å²) in [4.78, 5) is 2.01. The van der Waals surface area contributed by atoms with Gasteiger partial charge in [0.25, 0.3) is 0 Å². The summed E-state index contributed by atoms with van der Waals surface area (Å²) in [6.45, 7) is 7.06. The fourth-order valence-electron chi connectivity index (χ4n) is 1.79. The Morgan fingerprint density at radius 1 is 1.56 bits per heavy atom. The Morgan fingerprint density at radius 3 is 3.00 bits per heavy atom. The highest BCUT2D eigenvalue weighted by atomic mass is 127. The zero-order valence-corrected chi connectivity index (χ0v) is 11.9. The summed E-state index contributed by atoms with van der Waals surface area (Å²) in [5.74, 6) is 0. The van der Waals surface area contributed by atoms with Crippen molar-refractivity contribution >= 4 is 28.3 Å². The van der Waals surface area contributed by atoms with E-state index in [1.54, 1.807) is 0 Å². The van der Waals surface area contributed by atoms with Crippen molar-refractivity contribution in [2.24, 2.45) is 0 Å². The van der Waals surface area contributed by atoms with Crippen molar-refractivity contribution in [2.75, 3.05) is 20.6 Å². The highest BCUT2D eigenvalue weighted by molar-refractivity contribution is 14.1. The lowest BCUT2D eigenvalue weighted by atomic mass is 10.3. The predicted molar refractivity (Wildman–Crippen MR) is 74.0 cm³/mol. The average Bonchev–Trinajstić information content (AvgIpc) is 2.45. The van der Waals surface area contributed by atoms with Crippen molar-refractivity contribution in [3.63, 3.8) is 0 Å². The first-order valence-electron chi connectivity index (χ1n) is 5.43. The molecule has 1 aromatic rings. The molecule has 0 radical (unpaired) electrons. The molecule has 0 fully saturated rings. The third-order valence-corrected chi connectivity index (χ3v) is 3.96. The minimum atomic E-state index is 0.909. The number of nitrogens with zero attached hydrogens (tertiary/aromatic N) is 3. The monoisotopic (exact) mass is 332 g/mol. The maximum atomic E-state index is 4.66. The van der Waals surface area contributed by atoms with Crippen molar-refractivity contribution in [1.29, 1.82) is 0 Å². The summed E-state index contributed by atoms with van der Waals surface area (Å²) < 4.78 is 3.34. The maximum Gasteiger partial charge on any atom is 0.121 e. The molecule has 0 unspecified atom stereocenters. The SMILES string of the molecule is C=C(c1nn2c(c1I)CNCCC2)N(C)C. The number of rotatable bonds is 2. The van der Waals surface area contributed by atoms with Gasteiger partial charge in [0.05, 0.1) is 15.0 Å². The smallest absolute Gasteiger partial charge is 0.121 e. The Hall–Kier alpha value is -0.560. The molecule has 0 aromatic carbocycles. The van der Waals surface area contributed by atoms with E-state index < -0.39 is 0 Å². The van der Waals surface area contributed by atoms with Crippen LogP contribution in [0.15, 0.2) is 6.58 Å². The van der Waals surface area contributed by atoms with Crippen LogP contribution in [0.1, 0.15) is 17.8 Å². The van der Waals surface area contributed by atoms with Crippen molar-refractivity contribution in [3.8, 4) is 0 Å². The molecule has 0 saturated carbocycles. The molecule has 0 saturated heterocycles. The number of hydrogen-bond acceptors (Lipinski definition) is 3. The Kier molecular flexibility index (Phi) is 3.53. The number of hydrogen-bond donors (Lipinski definition) is 1. The van der Waals surface area contributed by atoms with Crippen LogP contribution in [0.5, 0.6) is 0 Å². The van der Waals surface area contributed by atoms with Crippen LogP contribution in [-0.2, 0) is 13.1 Å². The topological polar surface area (TPSA) is 33.1 Å². The standard InChI is InChI=1S/C11H17IN4/c1-8(15(2)3)11-10(12)9-7-13-5-4-6-16(9)14-11/h13H,1,4-7H2,2-3H3. The van der Waals surface area contributed by atoms with Gasteiger partial charge in [0.2, 0.25) is 0 Å². The van der Waals surface area contributed by atoms with Crippen LogP contribution in [0.25, 0.3) is 5.70 Å². The molecule has 1 aliphatic heterocycles. The van der Waals surface area contributed by atoms with Crippen molar-refractivity contribution in [3.05, 3.63) is 21.5 Å². The Labute approximate surface area is 110 Å². The van der Waals surface area contributed by atoms with Crippen LogP contribution in [0, 0.1) is 3.57 Å². The van der Waals surface area contributed by atoms with Crippen LogP contribution < -0.4 is 5.32 Å². The summed E-state index contributed by atoms with van der Waals surface area (Å²) in [5, 5.41) is 8.08. The molecule has 0 spiro atoms. The summed E-state index contributed by atoms with van der Waals surface area (Å²) in [7, 11) is 4.00. The van der Waals surface area contributed by atoms with E-state index in [1.165, 1.54) is 9.26 Å². The van der Waals surface area contributed by atoms with Gasteiger partial charge in [-0.3, -0.25) is 4.68 Å². The highest BCUT2D eigenvalue weighted by Gasteiger charge is 2.19. The predicted octanol–water partition coefficient (Wildman–Crippen LogP) is 1.51. The summed E-state index contributed by atoms with van der Waals surface area (Å²) in [5.41, 5.74) is 3.28. The third-order valence-electron chi connectivity index (χ3n) is 2.82. The van der Waals surface area contributed by atoms with Gasteiger partial charge in [-0.15, -0.1) is 0 Å². The molecule has 2 heterocycles. The summed E-state index contributed by atoms with van der Waals surface area (Å²) >= 11 is 2.37. The molecule has 88 valence electrons. The first-order valence-corrected chi connectivity index (χ1v) is 6.51. The minimum Gasteiger partial charge on any atom is -0.376 e. The van der Waals surface area contributed by atoms with Crippen molar-refractivity contribution in [2.45, 2.75) is 19.5 Å². The highest BCUT2D eigenvalue weighted by Crippen LogP contribution is 2.24. The lowest BCUT2D eigenvalue weighted by molar-refractivity contribution is 0.567. The molecule has 5 heteroatoms. The molecule has 1 N–H and O–H groups in total. The van der Waals surface area contributed by atoms with Gasteiger partial charge in [-0.2, -0.15) is 5.10 Å². The van der Waals surface area contributed by atoms with E-state index in [4.69, 9.17) is 0 Å². The number of nitrogens with one attached hydrogen (secondary N) is 1. The molecule has 0 amide bonds. The third kappa shape index (κ3) is 2.10. The van der Waals surface area contributed by atoms with Gasteiger partial charge >= 0.3 is 0 Å². The lowest BCUT2D eigenvalue weighted by Gasteiger charge is -2.13. The van der Waals surface area contributed by atoms with Gasteiger partial charge in [-0.25, -0.2) is 0 Å². The Balaban J connectivity index is 2.39. The fraction of sp³-hybridized carbons (Fsp3) is 0.545. The number of aromatic nitrogens is 2. The fourth-order valence-corrected chi connectivity index (χ4v) is 2.67. The normalized spacial score (nSPS) is 15.4. The van der Waals surface area contributed by atoms with Crippen LogP contribution in [0.4, 0.5) is 0 Å². The van der Waals surface area contributed by atoms with Gasteiger partial charge in [-0.1, -0.05) is 6.58 Å². The van der Waals surface area contributed by atoms with Crippen molar-refractivity contribution in [1.82, 2.24) is 20.0 Å². The Bertz CT molecular complexity index is 408. The molecule has 0 aliphatic carbocycles. The van der Waals surface area contributed by atoms with E-state index in [0.717, 1.165) is 37.4 Å². The van der Waals surface area contributed by atoms with E-state index in [1.807, 2.05) is 19.0 Å². The molecule has 2 rings (SSSR count). The molecule has 0 atom stereocenters. The second-order valence-electron chi connectivity index (χ2n) is 4.20. The van der Waals surface area contributed by atoms with Gasteiger partial charge in [0.15, 0.2) is 0 Å². The number of aryl methyl sites for hydroxylation is 1. The Morgan fingerprint density at radius 2 is 2.31 bits per heavy atom. The zero-order valence-electron chi connectivity index (χ0n) is 9.76. The average molecular weight is 332 g/mol. The van der Waals surface area contributed by atoms with E-state index in [-0.39, 0.29) is 0 Å². The van der Waals surface area contributed by atoms with Gasteiger partial charge in [0.1, 0.15) is 5.69 Å². The number of halogens is 1. The van der Waals surface area contributed by atoms with Crippen LogP contribution in [0.3, 0.4) is 0 Å². The molecule has 0 bridgehead atoms. The second kappa shape index (κ2) is 4.75. The van der Waals surface area contributed by atoms with Crippen LogP contribution in [0.2, 0.25) is 0 Å². The first kappa shape index (κ1) is 11.9. The van der Waals surface area contributed by atoms with Gasteiger partial charge in [-0.05, 0) is 35.6 Å². The summed E-state index contributed by atoms with van der Waals surface area (Å²) in [6.07, 6.45) is 1.14. The summed E-state index contributed by atoms with van der Waals surface area (Å²) in [6, 6.07) is 0. The maximum absolute atomic E-state index is 4.66. The van der Waals surface area contributed by atoms with Crippen LogP contribution >= 0.6 is 22.6 Å². The second-order valence-corrected chi connectivity index (χ2v) is 5.28. The number of fused-ring (bicyclic) bond motifs is 1. The lowest BCUT2D eigenvalue weighted by Crippen LogP contribution is -2.13. The molecule has 4 nitrogen and oxygen atoms in total. The van der Waals surface area contributed by atoms with Gasteiger partial charge in [0, 0.05) is 27.2 Å². The largest absolute Gasteiger partial charge is 0.376 e. The molecular weight excluding hydrogens is 315 g/mol. The quantitative estimate of drug-likeness (QED) is 0.834. The minimum absolute atomic E-state index is 0.909. The van der Waals surface area contributed by atoms with Crippen molar-refractivity contribution < 1.29 is 0 Å². The molecule has 1 aliphatic rings. The van der Waals surface area contributed by atoms with Gasteiger partial charge < -0.3 is 10.2 Å². The molecule has 16 heavy (non-hydrogen) atoms. The van der Waals surface area contributed by atoms with E-state index >= 15 is 0 Å². The van der Waals surface area contributed by atoms with Crippen LogP contribution in [-0.4, -0.2) is 35.3 Å².